The molecule has 0 aromatic rings. The van der Waals surface area contributed by atoms with E-state index in [1.54, 1.807) is 12.7 Å². The van der Waals surface area contributed by atoms with Gasteiger partial charge in [-0.3, -0.25) is 9.98 Å². The monoisotopic (exact) mass is 162 g/mol. The number of hydrogen-bond donors (Lipinski definition) is 2. The van der Waals surface area contributed by atoms with Gasteiger partial charge in [0.2, 0.25) is 0 Å². The van der Waals surface area contributed by atoms with Crippen molar-refractivity contribution < 1.29 is 0 Å². The van der Waals surface area contributed by atoms with Crippen molar-refractivity contribution in [2.75, 3.05) is 0 Å². The van der Waals surface area contributed by atoms with Crippen LogP contribution in [-0.2, 0) is 0 Å². The van der Waals surface area contributed by atoms with Crippen LogP contribution in [0.3, 0.4) is 0 Å². The third kappa shape index (κ3) is 1.37. The normalized spacial score (nSPS) is 31.3. The van der Waals surface area contributed by atoms with Crippen LogP contribution in [-0.4, -0.2) is 24.8 Å². The van der Waals surface area contributed by atoms with Crippen LogP contribution in [0.4, 0.5) is 0 Å². The molecule has 2 N–H and O–H groups in total. The van der Waals surface area contributed by atoms with Gasteiger partial charge in [-0.2, -0.15) is 0 Å². The summed E-state index contributed by atoms with van der Waals surface area (Å²) in [7, 11) is 0. The second kappa shape index (κ2) is 3.21. The molecule has 0 saturated carbocycles. The van der Waals surface area contributed by atoms with Crippen LogP contribution >= 0.6 is 0 Å². The van der Waals surface area contributed by atoms with E-state index in [4.69, 9.17) is 0 Å². The van der Waals surface area contributed by atoms with Gasteiger partial charge < -0.3 is 10.6 Å². The second-order valence-electron chi connectivity index (χ2n) is 2.59. The van der Waals surface area contributed by atoms with E-state index in [9.17, 15) is 0 Å². The van der Waals surface area contributed by atoms with Crippen molar-refractivity contribution in [3.63, 3.8) is 0 Å². The molecule has 0 aromatic carbocycles. The second-order valence-corrected chi connectivity index (χ2v) is 2.59. The van der Waals surface area contributed by atoms with E-state index >= 15 is 0 Å². The third-order valence-corrected chi connectivity index (χ3v) is 1.77. The summed E-state index contributed by atoms with van der Waals surface area (Å²) in [6, 6.07) is 0.279. The highest BCUT2D eigenvalue weighted by atomic mass is 15.0. The SMILES string of the molecule is C1=CC(C2C=CNC=N2)N=CN1. The molecule has 2 aliphatic heterocycles. The van der Waals surface area contributed by atoms with Crippen LogP contribution in [0.1, 0.15) is 0 Å². The van der Waals surface area contributed by atoms with Crippen molar-refractivity contribution in [2.45, 2.75) is 12.1 Å². The smallest absolute Gasteiger partial charge is 0.0974 e. The molecular weight excluding hydrogens is 152 g/mol. The molecule has 0 bridgehead atoms. The molecule has 62 valence electrons. The summed E-state index contributed by atoms with van der Waals surface area (Å²) in [6.07, 6.45) is 11.1. The van der Waals surface area contributed by atoms with E-state index in [2.05, 4.69) is 20.6 Å². The van der Waals surface area contributed by atoms with Crippen LogP contribution in [0.25, 0.3) is 0 Å². The molecule has 4 heteroatoms. The van der Waals surface area contributed by atoms with Gasteiger partial charge in [-0.15, -0.1) is 0 Å². The van der Waals surface area contributed by atoms with Crippen molar-refractivity contribution >= 4 is 12.7 Å². The highest BCUT2D eigenvalue weighted by molar-refractivity contribution is 5.60. The molecule has 4 nitrogen and oxygen atoms in total. The summed E-state index contributed by atoms with van der Waals surface area (Å²) in [5, 5.41) is 5.78. The highest BCUT2D eigenvalue weighted by Gasteiger charge is 2.15. The van der Waals surface area contributed by atoms with E-state index in [-0.39, 0.29) is 12.1 Å². The molecule has 2 atom stereocenters. The number of nitrogens with zero attached hydrogens (tertiary/aromatic N) is 2. The topological polar surface area (TPSA) is 48.8 Å². The Labute approximate surface area is 70.8 Å². The van der Waals surface area contributed by atoms with Gasteiger partial charge in [0, 0.05) is 12.4 Å². The first kappa shape index (κ1) is 7.09. The van der Waals surface area contributed by atoms with Crippen LogP contribution < -0.4 is 10.6 Å². The predicted molar refractivity (Wildman–Crippen MR) is 49.1 cm³/mol. The van der Waals surface area contributed by atoms with Crippen LogP contribution in [0.2, 0.25) is 0 Å². The number of rotatable bonds is 1. The van der Waals surface area contributed by atoms with E-state index in [0.29, 0.717) is 0 Å². The average Bonchev–Trinajstić information content (AvgIpc) is 2.21. The van der Waals surface area contributed by atoms with Crippen LogP contribution in [0, 0.1) is 0 Å². The number of aliphatic imine (C=N–C) groups is 2. The Morgan fingerprint density at radius 3 is 1.67 bits per heavy atom. The minimum Gasteiger partial charge on any atom is -0.353 e. The molecule has 0 spiro atoms. The van der Waals surface area contributed by atoms with Gasteiger partial charge in [0.05, 0.1) is 24.8 Å². The molecule has 0 aromatic heterocycles. The maximum atomic E-state index is 4.24. The van der Waals surface area contributed by atoms with Crippen LogP contribution in [0.5, 0.6) is 0 Å². The summed E-state index contributed by atoms with van der Waals surface area (Å²) < 4.78 is 0. The molecule has 0 aliphatic carbocycles. The Balaban J connectivity index is 2.07. The third-order valence-electron chi connectivity index (χ3n) is 1.77. The van der Waals surface area contributed by atoms with E-state index in [1.165, 1.54) is 0 Å². The molecular formula is C8H10N4. The van der Waals surface area contributed by atoms with Gasteiger partial charge in [-0.05, 0) is 12.2 Å². The lowest BCUT2D eigenvalue weighted by Crippen LogP contribution is -2.27. The van der Waals surface area contributed by atoms with E-state index in [1.807, 2.05) is 24.6 Å². The Bertz CT molecular complexity index is 212. The van der Waals surface area contributed by atoms with Gasteiger partial charge in [0.15, 0.2) is 0 Å². The fourth-order valence-electron chi connectivity index (χ4n) is 1.16. The van der Waals surface area contributed by atoms with E-state index < -0.39 is 0 Å². The predicted octanol–water partition coefficient (Wildman–Crippen LogP) is 0.0140. The summed E-state index contributed by atoms with van der Waals surface area (Å²) in [5.41, 5.74) is 0. The molecule has 0 fully saturated rings. The van der Waals surface area contributed by atoms with Crippen molar-refractivity contribution in [3.8, 4) is 0 Å². The Kier molecular flexibility index (Phi) is 1.90. The lowest BCUT2D eigenvalue weighted by Gasteiger charge is -2.17. The Morgan fingerprint density at radius 1 is 0.833 bits per heavy atom. The zero-order chi connectivity index (χ0) is 8.23. The maximum Gasteiger partial charge on any atom is 0.0974 e. The van der Waals surface area contributed by atoms with E-state index in [0.717, 1.165) is 0 Å². The molecule has 2 aliphatic rings. The first-order valence-electron chi connectivity index (χ1n) is 3.85. The molecule has 2 unspecified atom stereocenters. The molecule has 0 radical (unpaired) electrons. The Hall–Kier alpha value is -1.58. The van der Waals surface area contributed by atoms with Crippen molar-refractivity contribution in [3.05, 3.63) is 24.6 Å². The summed E-state index contributed by atoms with van der Waals surface area (Å²) in [5.74, 6) is 0. The minimum atomic E-state index is 0.140. The van der Waals surface area contributed by atoms with Crippen molar-refractivity contribution in [1.82, 2.24) is 10.6 Å². The standard InChI is InChI=1S/C8H10N4/c1-3-9-5-11-7(1)8-2-4-10-6-12-8/h1-8H,(H,9,11)(H,10,12). The van der Waals surface area contributed by atoms with Crippen molar-refractivity contribution in [1.29, 1.82) is 0 Å². The van der Waals surface area contributed by atoms with Gasteiger partial charge >= 0.3 is 0 Å². The lowest BCUT2D eigenvalue weighted by molar-refractivity contribution is 0.692. The zero-order valence-electron chi connectivity index (χ0n) is 6.51. The fourth-order valence-corrected chi connectivity index (χ4v) is 1.16. The van der Waals surface area contributed by atoms with Crippen LogP contribution in [0.15, 0.2) is 34.5 Å². The first-order valence-corrected chi connectivity index (χ1v) is 3.85. The summed E-state index contributed by atoms with van der Waals surface area (Å²) in [6.45, 7) is 0. The molecule has 2 heterocycles. The average molecular weight is 162 g/mol. The lowest BCUT2D eigenvalue weighted by atomic mass is 10.1. The largest absolute Gasteiger partial charge is 0.353 e. The van der Waals surface area contributed by atoms with Crippen molar-refractivity contribution in [2.24, 2.45) is 9.98 Å². The van der Waals surface area contributed by atoms with Gasteiger partial charge in [0.1, 0.15) is 0 Å². The van der Waals surface area contributed by atoms with Gasteiger partial charge in [-0.1, -0.05) is 0 Å². The maximum absolute atomic E-state index is 4.24. The minimum absolute atomic E-state index is 0.140. The number of nitrogens with one attached hydrogen (secondary N) is 2. The fraction of sp³-hybridized carbons (Fsp3) is 0.250. The molecule has 12 heavy (non-hydrogen) atoms. The molecule has 2 rings (SSSR count). The zero-order valence-corrected chi connectivity index (χ0v) is 6.51. The summed E-state index contributed by atoms with van der Waals surface area (Å²) in [4.78, 5) is 8.47. The summed E-state index contributed by atoms with van der Waals surface area (Å²) >= 11 is 0. The van der Waals surface area contributed by atoms with Gasteiger partial charge in [-0.25, -0.2) is 0 Å². The highest BCUT2D eigenvalue weighted by Crippen LogP contribution is 2.09. The first-order chi connectivity index (χ1) is 5.97. The molecule has 0 saturated heterocycles. The number of hydrogen-bond acceptors (Lipinski definition) is 4. The van der Waals surface area contributed by atoms with Gasteiger partial charge in [0.25, 0.3) is 0 Å². The Morgan fingerprint density at radius 2 is 1.33 bits per heavy atom. The quantitative estimate of drug-likeness (QED) is 0.570. The molecule has 0 amide bonds.